The van der Waals surface area contributed by atoms with E-state index in [-0.39, 0.29) is 0 Å². The van der Waals surface area contributed by atoms with Gasteiger partial charge in [-0.05, 0) is 45.3 Å². The van der Waals surface area contributed by atoms with Gasteiger partial charge in [0.15, 0.2) is 0 Å². The minimum absolute atomic E-state index is 0.374. The number of rotatable bonds is 4. The first kappa shape index (κ1) is 11.3. The summed E-state index contributed by atoms with van der Waals surface area (Å²) < 4.78 is 0. The maximum Gasteiger partial charge on any atom is 0.0531 e. The highest BCUT2D eigenvalue weighted by Gasteiger charge is 2.28. The van der Waals surface area contributed by atoms with Gasteiger partial charge in [0.05, 0.1) is 5.37 Å². The Bertz CT molecular complexity index is 139. The van der Waals surface area contributed by atoms with Gasteiger partial charge in [-0.25, -0.2) is 0 Å². The third-order valence-corrected chi connectivity index (χ3v) is 3.78. The fraction of sp³-hybridized carbons (Fsp3) is 1.00. The lowest BCUT2D eigenvalue weighted by molar-refractivity contribution is 0.219. The Morgan fingerprint density at radius 3 is 2.62 bits per heavy atom. The van der Waals surface area contributed by atoms with E-state index in [0.717, 1.165) is 18.4 Å². The minimum Gasteiger partial charge on any atom is -0.319 e. The zero-order chi connectivity index (χ0) is 9.68. The molecule has 0 heterocycles. The quantitative estimate of drug-likeness (QED) is 0.475. The van der Waals surface area contributed by atoms with Crippen LogP contribution in [0.1, 0.15) is 25.7 Å². The second-order valence-corrected chi connectivity index (χ2v) is 4.56. The standard InChI is InChI=1S/C10H22N2S/c1-11-7-8-5-3-4-6-9(8)10(13)12-2/h8-13H,3-7H2,1-2H3. The molecule has 0 bridgehead atoms. The maximum atomic E-state index is 4.59. The largest absolute Gasteiger partial charge is 0.319 e. The molecular weight excluding hydrogens is 180 g/mol. The lowest BCUT2D eigenvalue weighted by atomic mass is 9.79. The van der Waals surface area contributed by atoms with Crippen molar-refractivity contribution in [2.45, 2.75) is 31.1 Å². The molecule has 1 rings (SSSR count). The van der Waals surface area contributed by atoms with Crippen molar-refractivity contribution in [3.8, 4) is 0 Å². The normalized spacial score (nSPS) is 31.6. The first-order valence-corrected chi connectivity index (χ1v) is 5.81. The molecule has 0 radical (unpaired) electrons. The minimum atomic E-state index is 0.374. The SMILES string of the molecule is CNCC1CCCCC1C(S)NC. The third-order valence-electron chi connectivity index (χ3n) is 3.14. The van der Waals surface area contributed by atoms with Crippen LogP contribution in [0.3, 0.4) is 0 Å². The fourth-order valence-corrected chi connectivity index (χ4v) is 2.77. The monoisotopic (exact) mass is 202 g/mol. The van der Waals surface area contributed by atoms with Gasteiger partial charge < -0.3 is 10.6 Å². The third kappa shape index (κ3) is 3.15. The lowest BCUT2D eigenvalue weighted by Gasteiger charge is -2.35. The summed E-state index contributed by atoms with van der Waals surface area (Å²) in [6.45, 7) is 1.14. The van der Waals surface area contributed by atoms with E-state index in [2.05, 4.69) is 23.3 Å². The molecule has 0 saturated heterocycles. The predicted molar refractivity (Wildman–Crippen MR) is 61.2 cm³/mol. The average molecular weight is 202 g/mol. The molecule has 0 aromatic carbocycles. The van der Waals surface area contributed by atoms with Crippen LogP contribution in [0.4, 0.5) is 0 Å². The summed E-state index contributed by atoms with van der Waals surface area (Å²) in [6.07, 6.45) is 5.47. The molecule has 13 heavy (non-hydrogen) atoms. The molecule has 1 saturated carbocycles. The maximum absolute atomic E-state index is 4.59. The fourth-order valence-electron chi connectivity index (χ4n) is 2.38. The van der Waals surface area contributed by atoms with Crippen molar-refractivity contribution in [2.24, 2.45) is 11.8 Å². The van der Waals surface area contributed by atoms with Gasteiger partial charge in [-0.15, -0.1) is 0 Å². The second-order valence-electron chi connectivity index (χ2n) is 4.00. The smallest absolute Gasteiger partial charge is 0.0531 e. The molecular formula is C10H22N2S. The van der Waals surface area contributed by atoms with E-state index in [0.29, 0.717) is 5.37 Å². The lowest BCUT2D eigenvalue weighted by Crippen LogP contribution is -2.39. The average Bonchev–Trinajstić information content (AvgIpc) is 2.18. The van der Waals surface area contributed by atoms with Crippen molar-refractivity contribution in [2.75, 3.05) is 20.6 Å². The highest BCUT2D eigenvalue weighted by Crippen LogP contribution is 2.32. The van der Waals surface area contributed by atoms with Crippen molar-refractivity contribution < 1.29 is 0 Å². The van der Waals surface area contributed by atoms with Crippen molar-refractivity contribution in [1.82, 2.24) is 10.6 Å². The summed E-state index contributed by atoms with van der Waals surface area (Å²) in [7, 11) is 4.04. The molecule has 0 amide bonds. The van der Waals surface area contributed by atoms with Gasteiger partial charge in [0, 0.05) is 0 Å². The van der Waals surface area contributed by atoms with Crippen LogP contribution >= 0.6 is 12.6 Å². The van der Waals surface area contributed by atoms with E-state index in [9.17, 15) is 0 Å². The Hall–Kier alpha value is 0.270. The zero-order valence-electron chi connectivity index (χ0n) is 8.71. The topological polar surface area (TPSA) is 24.1 Å². The highest BCUT2D eigenvalue weighted by molar-refractivity contribution is 7.80. The van der Waals surface area contributed by atoms with Crippen LogP contribution in [0.2, 0.25) is 0 Å². The highest BCUT2D eigenvalue weighted by atomic mass is 32.1. The molecule has 1 aliphatic rings. The van der Waals surface area contributed by atoms with Crippen LogP contribution < -0.4 is 10.6 Å². The summed E-state index contributed by atoms with van der Waals surface area (Å²) >= 11 is 4.59. The van der Waals surface area contributed by atoms with Crippen LogP contribution in [0.15, 0.2) is 0 Å². The first-order chi connectivity index (χ1) is 6.29. The summed E-state index contributed by atoms with van der Waals surface area (Å²) in [6, 6.07) is 0. The summed E-state index contributed by atoms with van der Waals surface area (Å²) in [5.41, 5.74) is 0. The number of hydrogen-bond acceptors (Lipinski definition) is 3. The Kier molecular flexibility index (Phi) is 5.14. The molecule has 2 N–H and O–H groups in total. The first-order valence-electron chi connectivity index (χ1n) is 5.29. The van der Waals surface area contributed by atoms with E-state index in [4.69, 9.17) is 0 Å². The van der Waals surface area contributed by atoms with Crippen LogP contribution in [0, 0.1) is 11.8 Å². The Morgan fingerprint density at radius 2 is 2.00 bits per heavy atom. The molecule has 0 aromatic heterocycles. The molecule has 3 atom stereocenters. The van der Waals surface area contributed by atoms with Gasteiger partial charge in [0.1, 0.15) is 0 Å². The van der Waals surface area contributed by atoms with Gasteiger partial charge in [-0.1, -0.05) is 12.8 Å². The van der Waals surface area contributed by atoms with Crippen LogP contribution in [-0.4, -0.2) is 26.0 Å². The number of nitrogens with one attached hydrogen (secondary N) is 2. The molecule has 1 fully saturated rings. The number of hydrogen-bond donors (Lipinski definition) is 3. The molecule has 2 nitrogen and oxygen atoms in total. The van der Waals surface area contributed by atoms with Gasteiger partial charge in [0.25, 0.3) is 0 Å². The summed E-state index contributed by atoms with van der Waals surface area (Å²) in [5, 5.41) is 6.92. The zero-order valence-corrected chi connectivity index (χ0v) is 9.61. The Balaban J connectivity index is 2.45. The van der Waals surface area contributed by atoms with E-state index in [1.807, 2.05) is 14.1 Å². The van der Waals surface area contributed by atoms with Gasteiger partial charge in [-0.2, -0.15) is 12.6 Å². The van der Waals surface area contributed by atoms with E-state index < -0.39 is 0 Å². The van der Waals surface area contributed by atoms with E-state index in [1.54, 1.807) is 0 Å². The second kappa shape index (κ2) is 5.89. The van der Waals surface area contributed by atoms with Crippen molar-refractivity contribution in [3.05, 3.63) is 0 Å². The van der Waals surface area contributed by atoms with Crippen LogP contribution in [0.25, 0.3) is 0 Å². The summed E-state index contributed by atoms with van der Waals surface area (Å²) in [4.78, 5) is 0. The molecule has 3 unspecified atom stereocenters. The van der Waals surface area contributed by atoms with Gasteiger partial charge in [-0.3, -0.25) is 0 Å². The Labute approximate surface area is 87.3 Å². The van der Waals surface area contributed by atoms with Crippen LogP contribution in [0.5, 0.6) is 0 Å². The van der Waals surface area contributed by atoms with Gasteiger partial charge in [0.2, 0.25) is 0 Å². The molecule has 1 aliphatic carbocycles. The van der Waals surface area contributed by atoms with E-state index in [1.165, 1.54) is 25.7 Å². The number of thiol groups is 1. The Morgan fingerprint density at radius 1 is 1.31 bits per heavy atom. The van der Waals surface area contributed by atoms with Crippen molar-refractivity contribution >= 4 is 12.6 Å². The van der Waals surface area contributed by atoms with Crippen molar-refractivity contribution in [1.29, 1.82) is 0 Å². The van der Waals surface area contributed by atoms with Crippen LogP contribution in [-0.2, 0) is 0 Å². The van der Waals surface area contributed by atoms with Gasteiger partial charge >= 0.3 is 0 Å². The molecule has 0 spiro atoms. The molecule has 78 valence electrons. The molecule has 0 aliphatic heterocycles. The summed E-state index contributed by atoms with van der Waals surface area (Å²) in [5.74, 6) is 1.56. The molecule has 3 heteroatoms. The predicted octanol–water partition coefficient (Wildman–Crippen LogP) is 1.49. The molecule has 0 aromatic rings. The van der Waals surface area contributed by atoms with Crippen molar-refractivity contribution in [3.63, 3.8) is 0 Å². The van der Waals surface area contributed by atoms with E-state index >= 15 is 0 Å².